The Kier molecular flexibility index (Phi) is 5.80. The molecule has 1 aliphatic heterocycles. The lowest BCUT2D eigenvalue weighted by Crippen LogP contribution is -2.43. The number of likely N-dealkylation sites (tertiary alicyclic amines) is 1. The highest BCUT2D eigenvalue weighted by molar-refractivity contribution is 5.68. The van der Waals surface area contributed by atoms with Crippen molar-refractivity contribution in [2.24, 2.45) is 5.92 Å². The second-order valence-electron chi connectivity index (χ2n) is 7.02. The van der Waals surface area contributed by atoms with Gasteiger partial charge in [0.1, 0.15) is 5.60 Å². The van der Waals surface area contributed by atoms with Gasteiger partial charge in [-0.2, -0.15) is 0 Å². The molecule has 0 bridgehead atoms. The predicted molar refractivity (Wildman–Crippen MR) is 87.4 cm³/mol. The van der Waals surface area contributed by atoms with Crippen LogP contribution in [-0.2, 0) is 4.74 Å². The van der Waals surface area contributed by atoms with Crippen LogP contribution in [0.25, 0.3) is 0 Å². The maximum atomic E-state index is 12.2. The van der Waals surface area contributed by atoms with E-state index in [1.54, 1.807) is 12.4 Å². The molecule has 0 radical (unpaired) electrons. The molecular weight excluding hydrogens is 294 g/mol. The average Bonchev–Trinajstić information content (AvgIpc) is 2.48. The van der Waals surface area contributed by atoms with E-state index in [4.69, 9.17) is 9.47 Å². The van der Waals surface area contributed by atoms with Gasteiger partial charge in [0.15, 0.2) is 0 Å². The highest BCUT2D eigenvalue weighted by Gasteiger charge is 2.27. The van der Waals surface area contributed by atoms with Crippen LogP contribution >= 0.6 is 0 Å². The fraction of sp³-hybridized carbons (Fsp3) is 0.706. The third-order valence-corrected chi connectivity index (χ3v) is 3.77. The fourth-order valence-electron chi connectivity index (χ4n) is 2.65. The molecule has 1 aromatic rings. The third kappa shape index (κ3) is 5.69. The Morgan fingerprint density at radius 1 is 1.35 bits per heavy atom. The number of aromatic nitrogens is 2. The number of aryl methyl sites for hydroxylation is 1. The highest BCUT2D eigenvalue weighted by Crippen LogP contribution is 2.22. The highest BCUT2D eigenvalue weighted by atomic mass is 16.6. The molecular formula is C17H27N3O3. The number of piperidine rings is 1. The van der Waals surface area contributed by atoms with Crippen LogP contribution in [0.5, 0.6) is 5.88 Å². The van der Waals surface area contributed by atoms with Crippen molar-refractivity contribution in [3.63, 3.8) is 0 Å². The Labute approximate surface area is 138 Å². The van der Waals surface area contributed by atoms with Gasteiger partial charge in [-0.15, -0.1) is 0 Å². The van der Waals surface area contributed by atoms with Crippen LogP contribution in [-0.4, -0.2) is 46.3 Å². The normalized spacial score (nSPS) is 18.6. The first-order valence-corrected chi connectivity index (χ1v) is 8.23. The van der Waals surface area contributed by atoms with Crippen molar-refractivity contribution < 1.29 is 14.3 Å². The van der Waals surface area contributed by atoms with Crippen molar-refractivity contribution in [3.05, 3.63) is 18.1 Å². The monoisotopic (exact) mass is 321 g/mol. The molecule has 0 unspecified atom stereocenters. The maximum absolute atomic E-state index is 12.2. The average molecular weight is 321 g/mol. The zero-order valence-electron chi connectivity index (χ0n) is 14.5. The first-order chi connectivity index (χ1) is 10.8. The van der Waals surface area contributed by atoms with Gasteiger partial charge in [0.25, 0.3) is 0 Å². The molecule has 1 aliphatic rings. The molecule has 23 heavy (non-hydrogen) atoms. The van der Waals surface area contributed by atoms with Crippen LogP contribution in [0.15, 0.2) is 12.4 Å². The van der Waals surface area contributed by atoms with Gasteiger partial charge in [-0.1, -0.05) is 0 Å². The zero-order chi connectivity index (χ0) is 16.9. The van der Waals surface area contributed by atoms with Crippen LogP contribution in [0, 0.1) is 12.8 Å². The van der Waals surface area contributed by atoms with Crippen LogP contribution < -0.4 is 4.74 Å². The molecule has 1 aromatic heterocycles. The lowest BCUT2D eigenvalue weighted by molar-refractivity contribution is 0.0154. The van der Waals surface area contributed by atoms with Crippen LogP contribution in [0.3, 0.4) is 0 Å². The van der Waals surface area contributed by atoms with E-state index < -0.39 is 5.60 Å². The number of nitrogens with zero attached hydrogens (tertiary/aromatic N) is 3. The van der Waals surface area contributed by atoms with Crippen LogP contribution in [0.2, 0.25) is 0 Å². The van der Waals surface area contributed by atoms with Gasteiger partial charge >= 0.3 is 6.09 Å². The van der Waals surface area contributed by atoms with E-state index in [9.17, 15) is 4.79 Å². The molecule has 1 amide bonds. The predicted octanol–water partition coefficient (Wildman–Crippen LogP) is 3.20. The van der Waals surface area contributed by atoms with E-state index in [-0.39, 0.29) is 6.09 Å². The summed E-state index contributed by atoms with van der Waals surface area (Å²) < 4.78 is 11.2. The molecule has 0 aliphatic carbocycles. The molecule has 0 saturated carbocycles. The van der Waals surface area contributed by atoms with Crippen molar-refractivity contribution in [1.29, 1.82) is 0 Å². The van der Waals surface area contributed by atoms with Crippen LogP contribution in [0.4, 0.5) is 4.79 Å². The van der Waals surface area contributed by atoms with Gasteiger partial charge < -0.3 is 14.4 Å². The quantitative estimate of drug-likeness (QED) is 0.852. The summed E-state index contributed by atoms with van der Waals surface area (Å²) >= 11 is 0. The zero-order valence-corrected chi connectivity index (χ0v) is 14.5. The lowest BCUT2D eigenvalue weighted by Gasteiger charge is -2.34. The Bertz CT molecular complexity index is 528. The number of hydrogen-bond donors (Lipinski definition) is 0. The number of ether oxygens (including phenoxy) is 2. The summed E-state index contributed by atoms with van der Waals surface area (Å²) in [5.41, 5.74) is 0.350. The molecule has 0 spiro atoms. The minimum Gasteiger partial charge on any atom is -0.476 e. The second-order valence-corrected chi connectivity index (χ2v) is 7.02. The smallest absolute Gasteiger partial charge is 0.410 e. The van der Waals surface area contributed by atoms with E-state index in [1.807, 2.05) is 32.6 Å². The van der Waals surface area contributed by atoms with Crippen molar-refractivity contribution in [2.45, 2.75) is 52.6 Å². The second kappa shape index (κ2) is 7.62. The van der Waals surface area contributed by atoms with Gasteiger partial charge in [-0.05, 0) is 52.9 Å². The van der Waals surface area contributed by atoms with Crippen molar-refractivity contribution >= 4 is 6.09 Å². The molecule has 0 aromatic carbocycles. The first kappa shape index (κ1) is 17.5. The molecule has 1 atom stereocenters. The standard InChI is InChI=1S/C17H27N3O3/c1-13-15(19-9-8-18-13)22-11-7-14-6-5-10-20(12-14)16(21)23-17(2,3)4/h8-9,14H,5-7,10-12H2,1-4H3/t14-/m0/s1. The summed E-state index contributed by atoms with van der Waals surface area (Å²) in [4.78, 5) is 22.3. The van der Waals surface area contributed by atoms with E-state index >= 15 is 0 Å². The van der Waals surface area contributed by atoms with Gasteiger partial charge in [0, 0.05) is 25.5 Å². The molecule has 6 nitrogen and oxygen atoms in total. The summed E-state index contributed by atoms with van der Waals surface area (Å²) in [6.45, 7) is 9.66. The Morgan fingerprint density at radius 3 is 2.78 bits per heavy atom. The molecule has 0 N–H and O–H groups in total. The summed E-state index contributed by atoms with van der Waals surface area (Å²) in [6, 6.07) is 0. The van der Waals surface area contributed by atoms with Crippen molar-refractivity contribution in [1.82, 2.24) is 14.9 Å². The minimum absolute atomic E-state index is 0.215. The maximum Gasteiger partial charge on any atom is 0.410 e. The Morgan fingerprint density at radius 2 is 2.09 bits per heavy atom. The van der Waals surface area contributed by atoms with Crippen molar-refractivity contribution in [2.75, 3.05) is 19.7 Å². The topological polar surface area (TPSA) is 64.6 Å². The lowest BCUT2D eigenvalue weighted by atomic mass is 9.95. The van der Waals surface area contributed by atoms with Gasteiger partial charge in [-0.3, -0.25) is 4.98 Å². The van der Waals surface area contributed by atoms with E-state index in [0.29, 0.717) is 18.4 Å². The van der Waals surface area contributed by atoms with Gasteiger partial charge in [-0.25, -0.2) is 9.78 Å². The molecule has 1 fully saturated rings. The fourth-order valence-corrected chi connectivity index (χ4v) is 2.65. The van der Waals surface area contributed by atoms with Crippen molar-refractivity contribution in [3.8, 4) is 5.88 Å². The summed E-state index contributed by atoms with van der Waals surface area (Å²) in [5, 5.41) is 0. The van der Waals surface area contributed by atoms with Gasteiger partial charge in [0.05, 0.1) is 12.3 Å². The largest absolute Gasteiger partial charge is 0.476 e. The SMILES string of the molecule is Cc1nccnc1OCC[C@@H]1CCCN(C(=O)OC(C)(C)C)C1. The third-order valence-electron chi connectivity index (χ3n) is 3.77. The molecule has 6 heteroatoms. The van der Waals surface area contributed by atoms with E-state index in [2.05, 4.69) is 9.97 Å². The first-order valence-electron chi connectivity index (χ1n) is 8.23. The Balaban J connectivity index is 1.78. The molecule has 128 valence electrons. The molecule has 2 heterocycles. The van der Waals surface area contributed by atoms with Crippen LogP contribution in [0.1, 0.15) is 45.7 Å². The number of hydrogen-bond acceptors (Lipinski definition) is 5. The minimum atomic E-state index is -0.448. The Hall–Kier alpha value is -1.85. The van der Waals surface area contributed by atoms with E-state index in [1.165, 1.54) is 0 Å². The van der Waals surface area contributed by atoms with E-state index in [0.717, 1.165) is 38.0 Å². The number of amides is 1. The van der Waals surface area contributed by atoms with Gasteiger partial charge in [0.2, 0.25) is 5.88 Å². The molecule has 2 rings (SSSR count). The summed E-state index contributed by atoms with van der Waals surface area (Å²) in [7, 11) is 0. The summed E-state index contributed by atoms with van der Waals surface area (Å²) in [5.74, 6) is 1.03. The number of carbonyl (C=O) groups excluding carboxylic acids is 1. The summed E-state index contributed by atoms with van der Waals surface area (Å²) in [6.07, 6.45) is 6.09. The molecule has 1 saturated heterocycles. The number of rotatable bonds is 4. The number of carbonyl (C=O) groups is 1.